The number of rotatable bonds is 4. The monoisotopic (exact) mass is 588 g/mol. The fourth-order valence-corrected chi connectivity index (χ4v) is 6.15. The molecule has 46 heavy (non-hydrogen) atoms. The predicted octanol–water partition coefficient (Wildman–Crippen LogP) is 9.34. The molecule has 0 aliphatic carbocycles. The number of pyridine rings is 4. The van der Waals surface area contributed by atoms with E-state index >= 15 is 0 Å². The molecule has 214 valence electrons. The van der Waals surface area contributed by atoms with Crippen LogP contribution in [0.2, 0.25) is 0 Å². The van der Waals surface area contributed by atoms with Gasteiger partial charge in [-0.15, -0.1) is 0 Å². The molecule has 0 unspecified atom stereocenters. The van der Waals surface area contributed by atoms with Crippen LogP contribution in [0.15, 0.2) is 146 Å². The largest absolute Gasteiger partial charge is 0.254 e. The summed E-state index contributed by atoms with van der Waals surface area (Å²) in [6, 6.07) is 41.8. The minimum Gasteiger partial charge on any atom is -0.254 e. The highest BCUT2D eigenvalue weighted by atomic mass is 14.9. The summed E-state index contributed by atoms with van der Waals surface area (Å²) in [5.74, 6) is 0.610. The van der Waals surface area contributed by atoms with Gasteiger partial charge in [-0.1, -0.05) is 72.8 Å². The quantitative estimate of drug-likeness (QED) is 0.191. The molecule has 0 atom stereocenters. The normalized spacial score (nSPS) is 11.5. The number of aromatic nitrogens is 6. The Morgan fingerprint density at radius 3 is 1.76 bits per heavy atom. The van der Waals surface area contributed by atoms with Crippen LogP contribution in [0.4, 0.5) is 0 Å². The Kier molecular flexibility index (Phi) is 6.03. The third-order valence-electron chi connectivity index (χ3n) is 8.47. The van der Waals surface area contributed by atoms with Crippen molar-refractivity contribution in [1.29, 1.82) is 0 Å². The van der Waals surface area contributed by atoms with Gasteiger partial charge in [-0.25, -0.2) is 19.9 Å². The molecule has 0 fully saturated rings. The molecule has 0 aliphatic heterocycles. The Morgan fingerprint density at radius 1 is 0.370 bits per heavy atom. The van der Waals surface area contributed by atoms with E-state index in [1.165, 1.54) is 0 Å². The second-order valence-electron chi connectivity index (χ2n) is 11.3. The third-order valence-corrected chi connectivity index (χ3v) is 8.47. The van der Waals surface area contributed by atoms with Gasteiger partial charge in [0.1, 0.15) is 5.69 Å². The summed E-state index contributed by atoms with van der Waals surface area (Å²) in [6.45, 7) is 0. The van der Waals surface area contributed by atoms with Gasteiger partial charge < -0.3 is 0 Å². The van der Waals surface area contributed by atoms with Crippen molar-refractivity contribution in [3.05, 3.63) is 146 Å². The maximum atomic E-state index is 5.08. The van der Waals surface area contributed by atoms with Crippen LogP contribution in [0.3, 0.4) is 0 Å². The van der Waals surface area contributed by atoms with E-state index in [1.54, 1.807) is 18.5 Å². The lowest BCUT2D eigenvalue weighted by Crippen LogP contribution is -1.92. The van der Waals surface area contributed by atoms with Crippen LogP contribution in [0, 0.1) is 0 Å². The van der Waals surface area contributed by atoms with E-state index in [2.05, 4.69) is 117 Å². The van der Waals surface area contributed by atoms with Crippen molar-refractivity contribution < 1.29 is 0 Å². The Labute approximate surface area is 264 Å². The fraction of sp³-hybridized carbons (Fsp3) is 0. The molecule has 0 aliphatic rings. The summed E-state index contributed by atoms with van der Waals surface area (Å²) in [4.78, 5) is 27.9. The van der Waals surface area contributed by atoms with E-state index in [4.69, 9.17) is 9.97 Å². The summed E-state index contributed by atoms with van der Waals surface area (Å²) in [7, 11) is 0. The molecule has 0 bridgehead atoms. The minimum atomic E-state index is 0.610. The van der Waals surface area contributed by atoms with Crippen molar-refractivity contribution in [2.45, 2.75) is 0 Å². The van der Waals surface area contributed by atoms with Gasteiger partial charge in [0.2, 0.25) is 0 Å². The summed E-state index contributed by atoms with van der Waals surface area (Å²) in [6.07, 6.45) is 7.11. The number of nitrogens with zero attached hydrogens (tertiary/aromatic N) is 6. The van der Waals surface area contributed by atoms with Gasteiger partial charge >= 0.3 is 0 Å². The first kappa shape index (κ1) is 26.0. The van der Waals surface area contributed by atoms with Crippen LogP contribution in [-0.2, 0) is 0 Å². The van der Waals surface area contributed by atoms with E-state index in [1.807, 2.05) is 30.6 Å². The van der Waals surface area contributed by atoms with Crippen LogP contribution in [0.5, 0.6) is 0 Å². The van der Waals surface area contributed by atoms with Gasteiger partial charge in [0.15, 0.2) is 5.82 Å². The van der Waals surface area contributed by atoms with E-state index in [0.717, 1.165) is 82.8 Å². The lowest BCUT2D eigenvalue weighted by molar-refractivity contribution is 1.15. The smallest absolute Gasteiger partial charge is 0.178 e. The zero-order chi connectivity index (χ0) is 30.5. The molecule has 5 heterocycles. The molecule has 0 radical (unpaired) electrons. The van der Waals surface area contributed by atoms with Crippen LogP contribution < -0.4 is 0 Å². The zero-order valence-electron chi connectivity index (χ0n) is 24.5. The first-order valence-corrected chi connectivity index (χ1v) is 15.1. The second-order valence-corrected chi connectivity index (χ2v) is 11.3. The summed E-state index contributed by atoms with van der Waals surface area (Å²) >= 11 is 0. The summed E-state index contributed by atoms with van der Waals surface area (Å²) < 4.78 is 0. The summed E-state index contributed by atoms with van der Waals surface area (Å²) in [5, 5.41) is 4.32. The molecule has 6 heteroatoms. The molecule has 6 nitrogen and oxygen atoms in total. The molecule has 5 aromatic heterocycles. The second kappa shape index (κ2) is 10.6. The molecule has 0 spiro atoms. The van der Waals surface area contributed by atoms with Crippen LogP contribution in [0.25, 0.3) is 88.6 Å². The first-order valence-electron chi connectivity index (χ1n) is 15.1. The molecule has 0 N–H and O–H groups in total. The Balaban J connectivity index is 1.07. The average molecular weight is 589 g/mol. The predicted molar refractivity (Wildman–Crippen MR) is 185 cm³/mol. The van der Waals surface area contributed by atoms with Crippen molar-refractivity contribution >= 4 is 43.6 Å². The summed E-state index contributed by atoms with van der Waals surface area (Å²) in [5.41, 5.74) is 10.9. The van der Waals surface area contributed by atoms with Gasteiger partial charge in [0, 0.05) is 51.9 Å². The molecule has 4 aromatic carbocycles. The van der Waals surface area contributed by atoms with E-state index in [-0.39, 0.29) is 0 Å². The van der Waals surface area contributed by atoms with Gasteiger partial charge in [-0.2, -0.15) is 0 Å². The first-order chi connectivity index (χ1) is 22.8. The molecule has 9 rings (SSSR count). The number of benzene rings is 4. The van der Waals surface area contributed by atoms with Crippen LogP contribution in [0.1, 0.15) is 0 Å². The van der Waals surface area contributed by atoms with Crippen LogP contribution >= 0.6 is 0 Å². The van der Waals surface area contributed by atoms with Crippen molar-refractivity contribution in [3.63, 3.8) is 0 Å². The fourth-order valence-electron chi connectivity index (χ4n) is 6.15. The SMILES string of the molecule is c1cnc(-c2ccc3ccc(-c4ccc5ccc(-c6ccc(-c7cc8cccnc8c8ncccc78)cc6)cc5n4)cc3n2)nc1. The van der Waals surface area contributed by atoms with Crippen LogP contribution in [-0.4, -0.2) is 29.9 Å². The Hall–Kier alpha value is -6.40. The number of fused-ring (bicyclic) bond motifs is 5. The van der Waals surface area contributed by atoms with Gasteiger partial charge in [-0.05, 0) is 70.8 Å². The highest BCUT2D eigenvalue weighted by molar-refractivity contribution is 6.10. The molecular formula is C40H24N6. The van der Waals surface area contributed by atoms with Crippen molar-refractivity contribution in [2.75, 3.05) is 0 Å². The number of hydrogen-bond donors (Lipinski definition) is 0. The van der Waals surface area contributed by atoms with E-state index in [0.29, 0.717) is 5.82 Å². The Bertz CT molecular complexity index is 2580. The van der Waals surface area contributed by atoms with E-state index < -0.39 is 0 Å². The van der Waals surface area contributed by atoms with Gasteiger partial charge in [-0.3, -0.25) is 9.97 Å². The standard InChI is InChI=1S/C40H24N6/c1-4-31-22-33(32-5-2-19-42-39(32)38(31)41-18-1)26-8-6-25(7-9-26)29-12-10-27-14-16-34(45-36(27)23-29)30-13-11-28-15-17-35(46-37(28)24-30)40-43-20-3-21-44-40/h1-24H. The molecule has 9 aromatic rings. The van der Waals surface area contributed by atoms with Gasteiger partial charge in [0.25, 0.3) is 0 Å². The van der Waals surface area contributed by atoms with Gasteiger partial charge in [0.05, 0.1) is 27.8 Å². The topological polar surface area (TPSA) is 77.3 Å². The van der Waals surface area contributed by atoms with Crippen molar-refractivity contribution in [3.8, 4) is 45.0 Å². The average Bonchev–Trinajstić information content (AvgIpc) is 3.14. The molecule has 0 saturated heterocycles. The highest BCUT2D eigenvalue weighted by Crippen LogP contribution is 2.35. The molecule has 0 amide bonds. The zero-order valence-corrected chi connectivity index (χ0v) is 24.5. The van der Waals surface area contributed by atoms with Crippen molar-refractivity contribution in [2.24, 2.45) is 0 Å². The minimum absolute atomic E-state index is 0.610. The van der Waals surface area contributed by atoms with E-state index in [9.17, 15) is 0 Å². The lowest BCUT2D eigenvalue weighted by Gasteiger charge is -2.11. The van der Waals surface area contributed by atoms with Crippen molar-refractivity contribution in [1.82, 2.24) is 29.9 Å². The Morgan fingerprint density at radius 2 is 0.957 bits per heavy atom. The lowest BCUT2D eigenvalue weighted by atomic mass is 9.95. The maximum Gasteiger partial charge on any atom is 0.178 e. The number of hydrogen-bond acceptors (Lipinski definition) is 6. The molecule has 0 saturated carbocycles. The third kappa shape index (κ3) is 4.52. The highest BCUT2D eigenvalue weighted by Gasteiger charge is 2.12. The molecular weight excluding hydrogens is 564 g/mol. The maximum absolute atomic E-state index is 5.08.